The first-order valence-electron chi connectivity index (χ1n) is 16.2. The average Bonchev–Trinajstić information content (AvgIpc) is 3.56. The molecule has 2 heterocycles. The highest BCUT2D eigenvalue weighted by Crippen LogP contribution is 2.46. The van der Waals surface area contributed by atoms with E-state index >= 15 is 0 Å². The van der Waals surface area contributed by atoms with Crippen molar-refractivity contribution in [3.8, 4) is 33.4 Å². The summed E-state index contributed by atoms with van der Waals surface area (Å²) in [6.07, 6.45) is 3.69. The molecule has 2 aromatic heterocycles. The summed E-state index contributed by atoms with van der Waals surface area (Å²) in [4.78, 5) is 6.61. The Morgan fingerprint density at radius 2 is 0.938 bits per heavy atom. The summed E-state index contributed by atoms with van der Waals surface area (Å²) in [7, 11) is 0. The minimum Gasteiger partial charge on any atom is -0.456 e. The molecule has 0 spiro atoms. The second-order valence-corrected chi connectivity index (χ2v) is 12.0. The number of pyridine rings is 1. The molecule has 0 unspecified atom stereocenters. The molecule has 0 atom stereocenters. The van der Waals surface area contributed by atoms with E-state index < -0.39 is 0 Å². The van der Waals surface area contributed by atoms with Crippen LogP contribution in [0.2, 0.25) is 0 Å². The fraction of sp³-hybridized carbons (Fsp3) is 0. The lowest BCUT2D eigenvalue weighted by Crippen LogP contribution is -2.10. The van der Waals surface area contributed by atoms with Crippen LogP contribution < -0.4 is 4.90 Å². The Bertz CT molecular complexity index is 2440. The zero-order valence-electron chi connectivity index (χ0n) is 26.1. The molecule has 0 bridgehead atoms. The SMILES string of the molecule is c1ccc(-c2ccc(N(c3ccc(-c4ccccc4)cc3)c3cc4oc5cccc(-c6ccncc6)c5c4c4ccccc34)cc2)cc1. The monoisotopic (exact) mass is 614 g/mol. The molecule has 0 fully saturated rings. The Morgan fingerprint density at radius 1 is 0.396 bits per heavy atom. The first-order chi connectivity index (χ1) is 23.8. The van der Waals surface area contributed by atoms with Gasteiger partial charge in [-0.2, -0.15) is 0 Å². The molecule has 0 aliphatic rings. The first-order valence-corrected chi connectivity index (χ1v) is 16.2. The lowest BCUT2D eigenvalue weighted by molar-refractivity contribution is 0.669. The van der Waals surface area contributed by atoms with Gasteiger partial charge in [-0.1, -0.05) is 121 Å². The topological polar surface area (TPSA) is 29.3 Å². The maximum Gasteiger partial charge on any atom is 0.138 e. The summed E-state index contributed by atoms with van der Waals surface area (Å²) >= 11 is 0. The fourth-order valence-corrected chi connectivity index (χ4v) is 6.91. The van der Waals surface area contributed by atoms with Gasteiger partial charge in [0.1, 0.15) is 11.2 Å². The highest BCUT2D eigenvalue weighted by atomic mass is 16.3. The summed E-state index contributed by atoms with van der Waals surface area (Å²) in [5.74, 6) is 0. The maximum absolute atomic E-state index is 6.70. The van der Waals surface area contributed by atoms with Gasteiger partial charge in [0.2, 0.25) is 0 Å². The van der Waals surface area contributed by atoms with Crippen molar-refractivity contribution in [3.63, 3.8) is 0 Å². The largest absolute Gasteiger partial charge is 0.456 e. The van der Waals surface area contributed by atoms with Crippen LogP contribution in [0.25, 0.3) is 66.1 Å². The van der Waals surface area contributed by atoms with Crippen LogP contribution in [0.15, 0.2) is 187 Å². The van der Waals surface area contributed by atoms with E-state index in [1.807, 2.05) is 12.4 Å². The predicted octanol–water partition coefficient (Wildman–Crippen LogP) is 12.6. The third-order valence-electron chi connectivity index (χ3n) is 9.18. The average molecular weight is 615 g/mol. The van der Waals surface area contributed by atoms with E-state index in [1.54, 1.807) is 0 Å². The van der Waals surface area contributed by atoms with Crippen molar-refractivity contribution in [2.75, 3.05) is 4.90 Å². The highest BCUT2D eigenvalue weighted by molar-refractivity contribution is 6.25. The van der Waals surface area contributed by atoms with Crippen LogP contribution in [-0.2, 0) is 0 Å². The van der Waals surface area contributed by atoms with Gasteiger partial charge < -0.3 is 9.32 Å². The number of anilines is 3. The van der Waals surface area contributed by atoms with Crippen LogP contribution in [0.1, 0.15) is 0 Å². The number of rotatable bonds is 6. The van der Waals surface area contributed by atoms with Gasteiger partial charge in [0, 0.05) is 46.0 Å². The minimum atomic E-state index is 0.854. The molecular weight excluding hydrogens is 585 g/mol. The second-order valence-electron chi connectivity index (χ2n) is 12.0. The Kier molecular flexibility index (Phi) is 6.80. The van der Waals surface area contributed by atoms with Crippen LogP contribution in [0.3, 0.4) is 0 Å². The third-order valence-corrected chi connectivity index (χ3v) is 9.18. The van der Waals surface area contributed by atoms with Gasteiger partial charge in [-0.25, -0.2) is 0 Å². The minimum absolute atomic E-state index is 0.854. The van der Waals surface area contributed by atoms with Gasteiger partial charge >= 0.3 is 0 Å². The Morgan fingerprint density at radius 3 is 1.54 bits per heavy atom. The van der Waals surface area contributed by atoms with Gasteiger partial charge in [0.25, 0.3) is 0 Å². The van der Waals surface area contributed by atoms with Crippen LogP contribution in [0, 0.1) is 0 Å². The second kappa shape index (κ2) is 11.7. The van der Waals surface area contributed by atoms with Crippen molar-refractivity contribution in [1.82, 2.24) is 4.98 Å². The number of hydrogen-bond donors (Lipinski definition) is 0. The van der Waals surface area contributed by atoms with Gasteiger partial charge in [0.05, 0.1) is 5.69 Å². The quantitative estimate of drug-likeness (QED) is 0.187. The van der Waals surface area contributed by atoms with Crippen molar-refractivity contribution < 1.29 is 4.42 Å². The number of fused-ring (bicyclic) bond motifs is 5. The summed E-state index contributed by atoms with van der Waals surface area (Å²) in [6, 6.07) is 60.0. The van der Waals surface area contributed by atoms with Crippen LogP contribution in [0.5, 0.6) is 0 Å². The van der Waals surface area contributed by atoms with E-state index in [2.05, 4.69) is 180 Å². The standard InChI is InChI=1S/C45H30N2O/c1-3-10-31(11-4-1)33-18-22-36(23-19-33)47(37-24-20-34(21-25-37)32-12-5-2-6-13-32)41-30-43-45(40-15-8-7-14-39(40)41)44-38(16-9-17-42(44)48-43)35-26-28-46-29-27-35/h1-30H. The van der Waals surface area contributed by atoms with E-state index in [4.69, 9.17) is 4.42 Å². The van der Waals surface area contributed by atoms with Crippen LogP contribution in [0.4, 0.5) is 17.1 Å². The number of furan rings is 1. The Hall–Kier alpha value is -6.45. The summed E-state index contributed by atoms with van der Waals surface area (Å²) < 4.78 is 6.70. The van der Waals surface area contributed by atoms with E-state index in [0.717, 1.165) is 60.9 Å². The van der Waals surface area contributed by atoms with Crippen molar-refractivity contribution in [3.05, 3.63) is 182 Å². The van der Waals surface area contributed by atoms with Gasteiger partial charge in [-0.3, -0.25) is 4.98 Å². The number of nitrogens with zero attached hydrogens (tertiary/aromatic N) is 2. The number of aromatic nitrogens is 1. The highest BCUT2D eigenvalue weighted by Gasteiger charge is 2.22. The molecule has 3 nitrogen and oxygen atoms in total. The zero-order chi connectivity index (χ0) is 31.9. The van der Waals surface area contributed by atoms with E-state index in [0.29, 0.717) is 0 Å². The summed E-state index contributed by atoms with van der Waals surface area (Å²) in [5, 5.41) is 4.54. The van der Waals surface area contributed by atoms with Gasteiger partial charge in [0.15, 0.2) is 0 Å². The van der Waals surface area contributed by atoms with E-state index in [-0.39, 0.29) is 0 Å². The Labute approximate surface area is 279 Å². The van der Waals surface area contributed by atoms with Crippen molar-refractivity contribution in [2.45, 2.75) is 0 Å². The lowest BCUT2D eigenvalue weighted by atomic mass is 9.96. The molecule has 0 aliphatic carbocycles. The molecular formula is C45H30N2O. The van der Waals surface area contributed by atoms with Crippen molar-refractivity contribution in [1.29, 1.82) is 0 Å². The first kappa shape index (κ1) is 27.8. The maximum atomic E-state index is 6.70. The molecule has 0 aliphatic heterocycles. The van der Waals surface area contributed by atoms with Gasteiger partial charge in [-0.05, 0) is 81.2 Å². The van der Waals surface area contributed by atoms with E-state index in [1.165, 1.54) is 22.3 Å². The zero-order valence-corrected chi connectivity index (χ0v) is 26.1. The Balaban J connectivity index is 1.27. The number of benzene rings is 7. The molecule has 0 saturated heterocycles. The molecule has 48 heavy (non-hydrogen) atoms. The molecule has 9 aromatic rings. The molecule has 0 saturated carbocycles. The van der Waals surface area contributed by atoms with Crippen molar-refractivity contribution >= 4 is 49.8 Å². The molecule has 0 amide bonds. The normalized spacial score (nSPS) is 11.3. The molecule has 0 N–H and O–H groups in total. The smallest absolute Gasteiger partial charge is 0.138 e. The van der Waals surface area contributed by atoms with Crippen LogP contribution in [-0.4, -0.2) is 4.98 Å². The summed E-state index contributed by atoms with van der Waals surface area (Å²) in [6.45, 7) is 0. The molecule has 3 heteroatoms. The predicted molar refractivity (Wildman–Crippen MR) is 200 cm³/mol. The third kappa shape index (κ3) is 4.81. The molecule has 9 rings (SSSR count). The van der Waals surface area contributed by atoms with Crippen LogP contribution >= 0.6 is 0 Å². The molecule has 7 aromatic carbocycles. The summed E-state index contributed by atoms with van der Waals surface area (Å²) in [5.41, 5.74) is 11.9. The molecule has 226 valence electrons. The lowest BCUT2D eigenvalue weighted by Gasteiger charge is -2.27. The van der Waals surface area contributed by atoms with Gasteiger partial charge in [-0.15, -0.1) is 0 Å². The van der Waals surface area contributed by atoms with E-state index in [9.17, 15) is 0 Å². The fourth-order valence-electron chi connectivity index (χ4n) is 6.91. The van der Waals surface area contributed by atoms with Crippen molar-refractivity contribution in [2.24, 2.45) is 0 Å². The number of hydrogen-bond acceptors (Lipinski definition) is 3. The molecule has 0 radical (unpaired) electrons.